The largest absolute Gasteiger partial charge is 0.497 e. The van der Waals surface area contributed by atoms with Crippen molar-refractivity contribution in [1.82, 2.24) is 9.71 Å². The average molecular weight is 372 g/mol. The summed E-state index contributed by atoms with van der Waals surface area (Å²) in [5.74, 6) is 0.659. The Morgan fingerprint density at radius 3 is 2.58 bits per heavy atom. The zero-order valence-corrected chi connectivity index (χ0v) is 15.6. The second-order valence-corrected chi connectivity index (χ2v) is 7.91. The van der Waals surface area contributed by atoms with Crippen LogP contribution in [0.1, 0.15) is 16.7 Å². The van der Waals surface area contributed by atoms with E-state index in [2.05, 4.69) is 9.71 Å². The van der Waals surface area contributed by atoms with Crippen molar-refractivity contribution in [3.05, 3.63) is 69.5 Å². The number of methoxy groups -OCH3 is 1. The molecule has 136 valence electrons. The first-order chi connectivity index (χ1) is 12.3. The minimum atomic E-state index is -3.72. The summed E-state index contributed by atoms with van der Waals surface area (Å²) in [7, 11) is -2.16. The smallest absolute Gasteiger partial charge is 0.252 e. The molecule has 7 heteroatoms. The summed E-state index contributed by atoms with van der Waals surface area (Å²) in [6.07, 6.45) is 0. The highest BCUT2D eigenvalue weighted by Crippen LogP contribution is 2.20. The molecule has 0 saturated carbocycles. The lowest BCUT2D eigenvalue weighted by molar-refractivity contribution is 0.415. The van der Waals surface area contributed by atoms with E-state index in [1.165, 1.54) is 0 Å². The van der Waals surface area contributed by atoms with Gasteiger partial charge in [-0.25, -0.2) is 13.1 Å². The Morgan fingerprint density at radius 2 is 1.85 bits per heavy atom. The number of hydrogen-bond donors (Lipinski definition) is 2. The van der Waals surface area contributed by atoms with Crippen LogP contribution >= 0.6 is 0 Å². The van der Waals surface area contributed by atoms with Crippen LogP contribution in [-0.2, 0) is 16.6 Å². The van der Waals surface area contributed by atoms with E-state index < -0.39 is 10.0 Å². The quantitative estimate of drug-likeness (QED) is 0.721. The molecular formula is C19H20N2O4S. The molecule has 3 rings (SSSR count). The van der Waals surface area contributed by atoms with Gasteiger partial charge < -0.3 is 9.72 Å². The molecule has 0 spiro atoms. The van der Waals surface area contributed by atoms with Gasteiger partial charge in [-0.1, -0.05) is 12.1 Å². The third-order valence-electron chi connectivity index (χ3n) is 4.21. The molecule has 0 bridgehead atoms. The average Bonchev–Trinajstić information content (AvgIpc) is 2.61. The normalized spacial score (nSPS) is 11.7. The molecule has 0 radical (unpaired) electrons. The number of aromatic nitrogens is 1. The molecule has 2 N–H and O–H groups in total. The van der Waals surface area contributed by atoms with Gasteiger partial charge in [0.05, 0.1) is 12.0 Å². The van der Waals surface area contributed by atoms with Crippen LogP contribution in [0.4, 0.5) is 0 Å². The number of aryl methyl sites for hydroxylation is 2. The first-order valence-corrected chi connectivity index (χ1v) is 9.55. The summed E-state index contributed by atoms with van der Waals surface area (Å²) in [5.41, 5.74) is 2.18. The Kier molecular flexibility index (Phi) is 4.84. The van der Waals surface area contributed by atoms with Gasteiger partial charge in [-0.05, 0) is 55.3 Å². The van der Waals surface area contributed by atoms with E-state index in [4.69, 9.17) is 4.74 Å². The predicted octanol–water partition coefficient (Wildman–Crippen LogP) is 2.63. The van der Waals surface area contributed by atoms with Gasteiger partial charge in [0.25, 0.3) is 5.56 Å². The summed E-state index contributed by atoms with van der Waals surface area (Å²) < 4.78 is 32.9. The Labute approximate surface area is 151 Å². The number of benzene rings is 2. The van der Waals surface area contributed by atoms with Gasteiger partial charge in [-0.15, -0.1) is 0 Å². The van der Waals surface area contributed by atoms with Crippen molar-refractivity contribution >= 4 is 20.9 Å². The molecule has 0 unspecified atom stereocenters. The second kappa shape index (κ2) is 6.93. The fourth-order valence-electron chi connectivity index (χ4n) is 2.74. The maximum absolute atomic E-state index is 12.6. The van der Waals surface area contributed by atoms with Gasteiger partial charge in [0.15, 0.2) is 0 Å². The minimum Gasteiger partial charge on any atom is -0.497 e. The molecule has 0 amide bonds. The molecule has 3 aromatic rings. The van der Waals surface area contributed by atoms with Crippen molar-refractivity contribution in [3.8, 4) is 5.75 Å². The number of fused-ring (bicyclic) bond motifs is 1. The summed E-state index contributed by atoms with van der Waals surface area (Å²) in [6.45, 7) is 3.47. The molecule has 1 aromatic heterocycles. The van der Waals surface area contributed by atoms with Crippen molar-refractivity contribution in [2.24, 2.45) is 0 Å². The fourth-order valence-corrected chi connectivity index (χ4v) is 4.07. The SMILES string of the molecule is COc1ccc2[nH]c(=O)c(CNS(=O)(=O)c3cc(C)ccc3C)cc2c1. The van der Waals surface area contributed by atoms with Crippen molar-refractivity contribution in [3.63, 3.8) is 0 Å². The number of aromatic amines is 1. The highest BCUT2D eigenvalue weighted by atomic mass is 32.2. The van der Waals surface area contributed by atoms with Crippen LogP contribution in [0.25, 0.3) is 10.9 Å². The van der Waals surface area contributed by atoms with E-state index in [-0.39, 0.29) is 17.0 Å². The van der Waals surface area contributed by atoms with E-state index in [0.29, 0.717) is 22.4 Å². The van der Waals surface area contributed by atoms with Gasteiger partial charge in [0.2, 0.25) is 10.0 Å². The number of hydrogen-bond acceptors (Lipinski definition) is 4. The number of sulfonamides is 1. The molecule has 0 aliphatic rings. The van der Waals surface area contributed by atoms with Crippen molar-refractivity contribution in [2.75, 3.05) is 7.11 Å². The summed E-state index contributed by atoms with van der Waals surface area (Å²) in [6, 6.07) is 12.2. The first-order valence-electron chi connectivity index (χ1n) is 8.07. The van der Waals surface area contributed by atoms with Crippen molar-refractivity contribution in [1.29, 1.82) is 0 Å². The fraction of sp³-hybridized carbons (Fsp3) is 0.211. The number of H-pyrrole nitrogens is 1. The van der Waals surface area contributed by atoms with Crippen LogP contribution in [0.5, 0.6) is 5.75 Å². The van der Waals surface area contributed by atoms with E-state index in [0.717, 1.165) is 10.9 Å². The first kappa shape index (κ1) is 18.2. The summed E-state index contributed by atoms with van der Waals surface area (Å²) >= 11 is 0. The van der Waals surface area contributed by atoms with Gasteiger partial charge in [0.1, 0.15) is 5.75 Å². The van der Waals surface area contributed by atoms with E-state index in [1.807, 2.05) is 13.0 Å². The maximum atomic E-state index is 12.6. The molecule has 0 aliphatic heterocycles. The Morgan fingerprint density at radius 1 is 1.08 bits per heavy atom. The third-order valence-corrected chi connectivity index (χ3v) is 5.76. The molecule has 1 heterocycles. The van der Waals surface area contributed by atoms with Crippen LogP contribution in [0.2, 0.25) is 0 Å². The lowest BCUT2D eigenvalue weighted by Crippen LogP contribution is -2.27. The molecule has 2 aromatic carbocycles. The molecule has 0 saturated heterocycles. The van der Waals surface area contributed by atoms with Crippen molar-refractivity contribution < 1.29 is 13.2 Å². The Bertz CT molecular complexity index is 1130. The summed E-state index contributed by atoms with van der Waals surface area (Å²) in [4.78, 5) is 15.2. The van der Waals surface area contributed by atoms with Crippen LogP contribution in [0.3, 0.4) is 0 Å². The second-order valence-electron chi connectivity index (χ2n) is 6.17. The Balaban J connectivity index is 1.92. The topological polar surface area (TPSA) is 88.3 Å². The monoisotopic (exact) mass is 372 g/mol. The molecule has 0 aliphatic carbocycles. The van der Waals surface area contributed by atoms with Crippen LogP contribution in [0.15, 0.2) is 52.2 Å². The lowest BCUT2D eigenvalue weighted by atomic mass is 10.1. The highest BCUT2D eigenvalue weighted by Gasteiger charge is 2.17. The minimum absolute atomic E-state index is 0.0990. The van der Waals surface area contributed by atoms with Gasteiger partial charge in [-0.3, -0.25) is 4.79 Å². The van der Waals surface area contributed by atoms with E-state index >= 15 is 0 Å². The zero-order chi connectivity index (χ0) is 18.9. The predicted molar refractivity (Wildman–Crippen MR) is 101 cm³/mol. The molecular weight excluding hydrogens is 352 g/mol. The lowest BCUT2D eigenvalue weighted by Gasteiger charge is -2.10. The highest BCUT2D eigenvalue weighted by molar-refractivity contribution is 7.89. The zero-order valence-electron chi connectivity index (χ0n) is 14.8. The number of ether oxygens (including phenoxy) is 1. The summed E-state index contributed by atoms with van der Waals surface area (Å²) in [5, 5.41) is 0.768. The van der Waals surface area contributed by atoms with Gasteiger partial charge in [0, 0.05) is 23.0 Å². The Hall–Kier alpha value is -2.64. The third kappa shape index (κ3) is 3.63. The molecule has 0 fully saturated rings. The number of nitrogens with one attached hydrogen (secondary N) is 2. The van der Waals surface area contributed by atoms with Gasteiger partial charge >= 0.3 is 0 Å². The van der Waals surface area contributed by atoms with E-state index in [1.54, 1.807) is 50.4 Å². The molecule has 0 atom stereocenters. The van der Waals surface area contributed by atoms with E-state index in [9.17, 15) is 13.2 Å². The molecule has 26 heavy (non-hydrogen) atoms. The standard InChI is InChI=1S/C19H20N2O4S/c1-12-4-5-13(2)18(8-12)26(23,24)20-11-15-9-14-10-16(25-3)6-7-17(14)21-19(15)22/h4-10,20H,11H2,1-3H3,(H,21,22). The van der Waals surface area contributed by atoms with Gasteiger partial charge in [-0.2, -0.15) is 0 Å². The van der Waals surface area contributed by atoms with Crippen LogP contribution < -0.4 is 15.0 Å². The van der Waals surface area contributed by atoms with Crippen LogP contribution in [0, 0.1) is 13.8 Å². The maximum Gasteiger partial charge on any atom is 0.252 e. The number of pyridine rings is 1. The number of rotatable bonds is 5. The van der Waals surface area contributed by atoms with Crippen molar-refractivity contribution in [2.45, 2.75) is 25.3 Å². The van der Waals surface area contributed by atoms with Crippen LogP contribution in [-0.4, -0.2) is 20.5 Å². The molecule has 6 nitrogen and oxygen atoms in total.